The molecule has 0 aliphatic carbocycles. The highest BCUT2D eigenvalue weighted by Crippen LogP contribution is 2.27. The van der Waals surface area contributed by atoms with Crippen molar-refractivity contribution in [3.63, 3.8) is 0 Å². The Kier molecular flexibility index (Phi) is 3.22. The van der Waals surface area contributed by atoms with Crippen LogP contribution in [0.2, 0.25) is 5.02 Å². The van der Waals surface area contributed by atoms with Crippen molar-refractivity contribution in [3.05, 3.63) is 51.4 Å². The lowest BCUT2D eigenvalue weighted by Gasteiger charge is -2.08. The first-order chi connectivity index (χ1) is 9.90. The van der Waals surface area contributed by atoms with Gasteiger partial charge in [0.15, 0.2) is 33.7 Å². The lowest BCUT2D eigenvalue weighted by molar-refractivity contribution is 0.448. The molecule has 0 radical (unpaired) electrons. The maximum absolute atomic E-state index is 13.9. The van der Waals surface area contributed by atoms with Crippen LogP contribution < -0.4 is 0 Å². The van der Waals surface area contributed by atoms with Gasteiger partial charge in [-0.05, 0) is 18.3 Å². The molecule has 21 heavy (non-hydrogen) atoms. The molecule has 3 rings (SSSR count). The molecule has 1 N–H and O–H groups in total. The Balaban J connectivity index is 2.47. The normalized spacial score (nSPS) is 11.3. The molecule has 0 saturated carbocycles. The molecule has 108 valence electrons. The third-order valence-corrected chi connectivity index (χ3v) is 3.29. The van der Waals surface area contributed by atoms with Crippen molar-refractivity contribution in [2.75, 3.05) is 0 Å². The van der Waals surface area contributed by atoms with E-state index in [0.29, 0.717) is 0 Å². The Bertz CT molecular complexity index is 908. The van der Waals surface area contributed by atoms with E-state index in [1.54, 1.807) is 0 Å². The van der Waals surface area contributed by atoms with Gasteiger partial charge < -0.3 is 4.98 Å². The topological polar surface area (TPSA) is 33.6 Å². The van der Waals surface area contributed by atoms with Crippen molar-refractivity contribution in [2.45, 2.75) is 0 Å². The minimum Gasteiger partial charge on any atom is -0.329 e. The molecule has 1 aromatic carbocycles. The van der Waals surface area contributed by atoms with E-state index in [2.05, 4.69) is 9.97 Å². The van der Waals surface area contributed by atoms with E-state index in [9.17, 15) is 17.6 Å². The summed E-state index contributed by atoms with van der Waals surface area (Å²) < 4.78 is 55.0. The first-order valence-electron chi connectivity index (χ1n) is 5.50. The van der Waals surface area contributed by atoms with Gasteiger partial charge in [-0.15, -0.1) is 0 Å². The fourth-order valence-corrected chi connectivity index (χ4v) is 2.38. The molecular formula is C12H4ClF4N3S. The summed E-state index contributed by atoms with van der Waals surface area (Å²) in [6, 6.07) is 1.54. The third-order valence-electron chi connectivity index (χ3n) is 2.80. The van der Waals surface area contributed by atoms with Gasteiger partial charge in [0.2, 0.25) is 0 Å². The third kappa shape index (κ3) is 2.11. The summed E-state index contributed by atoms with van der Waals surface area (Å²) >= 11 is 10.7. The zero-order valence-electron chi connectivity index (χ0n) is 9.92. The van der Waals surface area contributed by atoms with E-state index < -0.39 is 29.0 Å². The molecule has 0 spiro atoms. The summed E-state index contributed by atoms with van der Waals surface area (Å²) in [5, 5.41) is 0.261. The van der Waals surface area contributed by atoms with Gasteiger partial charge >= 0.3 is 0 Å². The van der Waals surface area contributed by atoms with Gasteiger partial charge in [0.1, 0.15) is 5.69 Å². The Morgan fingerprint density at radius 3 is 2.33 bits per heavy atom. The van der Waals surface area contributed by atoms with Crippen molar-refractivity contribution in [1.82, 2.24) is 14.5 Å². The van der Waals surface area contributed by atoms with Gasteiger partial charge in [-0.1, -0.05) is 11.6 Å². The quantitative estimate of drug-likeness (QED) is 0.409. The molecule has 3 nitrogen and oxygen atoms in total. The average molecular weight is 334 g/mol. The summed E-state index contributed by atoms with van der Waals surface area (Å²) in [4.78, 5) is 6.49. The molecule has 0 aliphatic heterocycles. The largest absolute Gasteiger partial charge is 0.329 e. The van der Waals surface area contributed by atoms with E-state index in [-0.39, 0.29) is 27.0 Å². The number of aromatic amines is 1. The van der Waals surface area contributed by atoms with Crippen LogP contribution in [-0.4, -0.2) is 14.5 Å². The van der Waals surface area contributed by atoms with Crippen LogP contribution in [0, 0.1) is 28.0 Å². The first-order valence-corrected chi connectivity index (χ1v) is 6.28. The highest BCUT2D eigenvalue weighted by atomic mass is 35.5. The number of halogens is 5. The number of rotatable bonds is 1. The van der Waals surface area contributed by atoms with Crippen LogP contribution >= 0.6 is 23.8 Å². The number of pyridine rings is 1. The first kappa shape index (κ1) is 14.0. The predicted octanol–water partition coefficient (Wildman–Crippen LogP) is 4.29. The number of imidazole rings is 1. The lowest BCUT2D eigenvalue weighted by atomic mass is 10.2. The number of hydrogen-bond donors (Lipinski definition) is 1. The fraction of sp³-hybridized carbons (Fsp3) is 0. The Labute approximate surface area is 124 Å². The van der Waals surface area contributed by atoms with Crippen LogP contribution in [0.5, 0.6) is 0 Å². The summed E-state index contributed by atoms with van der Waals surface area (Å²) in [6.45, 7) is 0. The van der Waals surface area contributed by atoms with Gasteiger partial charge in [0.25, 0.3) is 0 Å². The highest BCUT2D eigenvalue weighted by molar-refractivity contribution is 7.71. The van der Waals surface area contributed by atoms with E-state index in [1.165, 1.54) is 12.3 Å². The van der Waals surface area contributed by atoms with Crippen molar-refractivity contribution in [2.24, 2.45) is 0 Å². The van der Waals surface area contributed by atoms with E-state index in [1.807, 2.05) is 0 Å². The summed E-state index contributed by atoms with van der Waals surface area (Å²) in [6.07, 6.45) is 1.22. The van der Waals surface area contributed by atoms with Crippen molar-refractivity contribution < 1.29 is 17.6 Å². The molecule has 0 atom stereocenters. The van der Waals surface area contributed by atoms with Crippen LogP contribution in [0.4, 0.5) is 17.6 Å². The molecule has 9 heteroatoms. The SMILES string of the molecule is Fc1cc(F)c(F)c(-n2c(=S)[nH]c3cc(Cl)cnc32)c1F. The maximum Gasteiger partial charge on any atom is 0.186 e. The van der Waals surface area contributed by atoms with Crippen molar-refractivity contribution >= 4 is 35.0 Å². The van der Waals surface area contributed by atoms with Crippen LogP contribution in [0.1, 0.15) is 0 Å². The molecule has 0 fully saturated rings. The molecule has 0 bridgehead atoms. The van der Waals surface area contributed by atoms with Crippen LogP contribution in [0.15, 0.2) is 18.3 Å². The monoisotopic (exact) mass is 333 g/mol. The molecule has 3 aromatic rings. The summed E-state index contributed by atoms with van der Waals surface area (Å²) in [5.41, 5.74) is -0.707. The molecule has 2 aromatic heterocycles. The van der Waals surface area contributed by atoms with E-state index in [4.69, 9.17) is 23.8 Å². The standard InChI is InChI=1S/C12H4ClF4N3S/c13-4-1-7-11(18-3-4)20(12(21)19-7)10-8(16)5(14)2-6(15)9(10)17/h1-3H,(H,19,21). The maximum atomic E-state index is 13.9. The van der Waals surface area contributed by atoms with Crippen LogP contribution in [0.3, 0.4) is 0 Å². The number of aromatic nitrogens is 3. The zero-order valence-corrected chi connectivity index (χ0v) is 11.5. The van der Waals surface area contributed by atoms with E-state index >= 15 is 0 Å². The molecule has 0 unspecified atom stereocenters. The van der Waals surface area contributed by atoms with Crippen molar-refractivity contribution in [3.8, 4) is 5.69 Å². The minimum absolute atomic E-state index is 0.00722. The second kappa shape index (κ2) is 4.81. The second-order valence-corrected chi connectivity index (χ2v) is 4.93. The summed E-state index contributed by atoms with van der Waals surface area (Å²) in [5.74, 6) is -6.20. The number of nitrogens with one attached hydrogen (secondary N) is 1. The smallest absolute Gasteiger partial charge is 0.186 e. The predicted molar refractivity (Wildman–Crippen MR) is 71.1 cm³/mol. The zero-order chi connectivity index (χ0) is 15.3. The van der Waals surface area contributed by atoms with Crippen molar-refractivity contribution in [1.29, 1.82) is 0 Å². The van der Waals surface area contributed by atoms with Gasteiger partial charge in [0, 0.05) is 12.3 Å². The molecule has 0 aliphatic rings. The molecule has 2 heterocycles. The lowest BCUT2D eigenvalue weighted by Crippen LogP contribution is -2.07. The molecule has 0 amide bonds. The Morgan fingerprint density at radius 1 is 1.10 bits per heavy atom. The number of H-pyrrole nitrogens is 1. The fourth-order valence-electron chi connectivity index (χ4n) is 1.93. The van der Waals surface area contributed by atoms with Gasteiger partial charge in [0.05, 0.1) is 10.5 Å². The van der Waals surface area contributed by atoms with Gasteiger partial charge in [-0.2, -0.15) is 0 Å². The summed E-state index contributed by atoms with van der Waals surface area (Å²) in [7, 11) is 0. The average Bonchev–Trinajstić information content (AvgIpc) is 2.73. The number of benzene rings is 1. The highest BCUT2D eigenvalue weighted by Gasteiger charge is 2.23. The molecular weight excluding hydrogens is 330 g/mol. The Hall–Kier alpha value is -1.93. The van der Waals surface area contributed by atoms with Crippen LogP contribution in [-0.2, 0) is 0 Å². The number of fused-ring (bicyclic) bond motifs is 1. The molecule has 0 saturated heterocycles. The number of nitrogens with zero attached hydrogens (tertiary/aromatic N) is 2. The van der Waals surface area contributed by atoms with E-state index in [0.717, 1.165) is 4.57 Å². The number of hydrogen-bond acceptors (Lipinski definition) is 2. The second-order valence-electron chi connectivity index (χ2n) is 4.11. The van der Waals surface area contributed by atoms with Gasteiger partial charge in [-0.3, -0.25) is 4.57 Å². The Morgan fingerprint density at radius 2 is 1.71 bits per heavy atom. The minimum atomic E-state index is -1.57. The van der Waals surface area contributed by atoms with Gasteiger partial charge in [-0.25, -0.2) is 22.5 Å². The van der Waals surface area contributed by atoms with Crippen LogP contribution in [0.25, 0.3) is 16.9 Å².